The molecule has 0 bridgehead atoms. The maximum Gasteiger partial charge on any atom is 0.341 e. The Balaban J connectivity index is 2.16. The first-order valence-corrected chi connectivity index (χ1v) is 9.05. The summed E-state index contributed by atoms with van der Waals surface area (Å²) in [6, 6.07) is 0. The number of anilines is 2. The molecular weight excluding hydrogens is 366 g/mol. The lowest BCUT2D eigenvalue weighted by Crippen LogP contribution is -2.16. The molecule has 0 aliphatic rings. The fourth-order valence-electron chi connectivity index (χ4n) is 2.00. The number of Topliss-reactive ketones (excluding diaryl/α,β-unsaturated/α-hetero) is 1. The molecule has 0 atom stereocenters. The molecule has 2 aromatic rings. The van der Waals surface area contributed by atoms with Gasteiger partial charge >= 0.3 is 5.97 Å². The summed E-state index contributed by atoms with van der Waals surface area (Å²) >= 11 is 2.14. The third-order valence-electron chi connectivity index (χ3n) is 3.01. The van der Waals surface area contributed by atoms with Crippen LogP contribution in [0.4, 0.5) is 10.9 Å². The minimum absolute atomic E-state index is 0.0198. The van der Waals surface area contributed by atoms with Crippen LogP contribution in [0.2, 0.25) is 0 Å². The molecule has 0 aliphatic carbocycles. The first-order chi connectivity index (χ1) is 11.8. The van der Waals surface area contributed by atoms with Gasteiger partial charge in [0.25, 0.3) is 0 Å². The Hall–Kier alpha value is -2.40. The van der Waals surface area contributed by atoms with Crippen molar-refractivity contribution in [3.63, 3.8) is 0 Å². The zero-order valence-corrected chi connectivity index (χ0v) is 15.5. The van der Waals surface area contributed by atoms with Crippen molar-refractivity contribution in [2.75, 3.05) is 23.4 Å². The Morgan fingerprint density at radius 1 is 1.40 bits per heavy atom. The average Bonchev–Trinajstić information content (AvgIpc) is 3.09. The summed E-state index contributed by atoms with van der Waals surface area (Å²) in [5.41, 5.74) is 6.12. The van der Waals surface area contributed by atoms with Gasteiger partial charge in [0.2, 0.25) is 17.0 Å². The van der Waals surface area contributed by atoms with Crippen LogP contribution in [0.15, 0.2) is 5.16 Å². The highest BCUT2D eigenvalue weighted by atomic mass is 32.2. The zero-order valence-electron chi connectivity index (χ0n) is 13.8. The maximum atomic E-state index is 12.2. The quantitative estimate of drug-likeness (QED) is 0.374. The molecule has 2 aromatic heterocycles. The van der Waals surface area contributed by atoms with Gasteiger partial charge in [-0.25, -0.2) is 9.89 Å². The number of aromatic nitrogens is 3. The second-order valence-corrected chi connectivity index (χ2v) is 6.84. The second-order valence-electron chi connectivity index (χ2n) is 4.88. The van der Waals surface area contributed by atoms with Crippen LogP contribution in [-0.4, -0.2) is 45.2 Å². The van der Waals surface area contributed by atoms with Crippen molar-refractivity contribution in [1.29, 1.82) is 0 Å². The van der Waals surface area contributed by atoms with Gasteiger partial charge in [0.05, 0.1) is 22.8 Å². The van der Waals surface area contributed by atoms with Crippen LogP contribution in [0, 0.1) is 6.92 Å². The van der Waals surface area contributed by atoms with Crippen LogP contribution in [0.1, 0.15) is 39.4 Å². The van der Waals surface area contributed by atoms with Crippen molar-refractivity contribution < 1.29 is 19.1 Å². The molecule has 4 N–H and O–H groups in total. The number of esters is 1. The molecular formula is C14H17N5O4S2. The van der Waals surface area contributed by atoms with Crippen LogP contribution in [0.5, 0.6) is 0 Å². The molecule has 0 aromatic carbocycles. The van der Waals surface area contributed by atoms with Crippen molar-refractivity contribution >= 4 is 51.7 Å². The molecule has 0 spiro atoms. The van der Waals surface area contributed by atoms with Crippen molar-refractivity contribution in [2.24, 2.45) is 0 Å². The summed E-state index contributed by atoms with van der Waals surface area (Å²) in [7, 11) is 0. The molecule has 11 heteroatoms. The Bertz CT molecular complexity index is 814. The first kappa shape index (κ1) is 18.9. The Morgan fingerprint density at radius 2 is 2.12 bits per heavy atom. The van der Waals surface area contributed by atoms with Gasteiger partial charge in [-0.05, 0) is 26.3 Å². The van der Waals surface area contributed by atoms with Crippen LogP contribution >= 0.6 is 23.1 Å². The van der Waals surface area contributed by atoms with Crippen molar-refractivity contribution in [2.45, 2.75) is 25.9 Å². The van der Waals surface area contributed by atoms with Gasteiger partial charge in [-0.15, -0.1) is 16.4 Å². The van der Waals surface area contributed by atoms with Gasteiger partial charge in [0.15, 0.2) is 5.78 Å². The molecule has 0 saturated heterocycles. The zero-order chi connectivity index (χ0) is 18.6. The summed E-state index contributed by atoms with van der Waals surface area (Å²) in [4.78, 5) is 40.3. The number of carbonyl (C=O) groups excluding carboxylic acids is 3. The number of H-pyrrole nitrogens is 1. The predicted octanol–water partition coefficient (Wildman–Crippen LogP) is 1.87. The van der Waals surface area contributed by atoms with Gasteiger partial charge in [0, 0.05) is 0 Å². The fraction of sp³-hybridized carbons (Fsp3) is 0.357. The molecule has 2 heterocycles. The minimum Gasteiger partial charge on any atom is -0.462 e. The van der Waals surface area contributed by atoms with Crippen LogP contribution in [-0.2, 0) is 9.53 Å². The third kappa shape index (κ3) is 4.57. The number of hydrogen-bond acceptors (Lipinski definition) is 9. The molecule has 134 valence electrons. The smallest absolute Gasteiger partial charge is 0.341 e. The number of hydrogen-bond donors (Lipinski definition) is 3. The number of ether oxygens (including phenoxy) is 1. The van der Waals surface area contributed by atoms with E-state index in [-0.39, 0.29) is 35.6 Å². The van der Waals surface area contributed by atoms with Gasteiger partial charge in [0.1, 0.15) is 5.00 Å². The highest BCUT2D eigenvalue weighted by molar-refractivity contribution is 7.99. The van der Waals surface area contributed by atoms with E-state index in [9.17, 15) is 14.4 Å². The number of rotatable bonds is 7. The number of thiophene rings is 1. The number of thioether (sulfide) groups is 1. The Labute approximate surface area is 151 Å². The largest absolute Gasteiger partial charge is 0.462 e. The van der Waals surface area contributed by atoms with E-state index in [0.29, 0.717) is 20.6 Å². The number of nitrogens with one attached hydrogen (secondary N) is 2. The summed E-state index contributed by atoms with van der Waals surface area (Å²) in [6.07, 6.45) is 0. The number of aromatic amines is 1. The van der Waals surface area contributed by atoms with Crippen LogP contribution in [0.3, 0.4) is 0 Å². The molecule has 0 aliphatic heterocycles. The van der Waals surface area contributed by atoms with Gasteiger partial charge in [-0.1, -0.05) is 11.8 Å². The van der Waals surface area contributed by atoms with Crippen LogP contribution < -0.4 is 11.1 Å². The number of nitrogen functional groups attached to an aromatic ring is 1. The second kappa shape index (κ2) is 8.12. The van der Waals surface area contributed by atoms with Gasteiger partial charge in [-0.2, -0.15) is 4.98 Å². The van der Waals surface area contributed by atoms with E-state index in [4.69, 9.17) is 10.5 Å². The van der Waals surface area contributed by atoms with Crippen molar-refractivity contribution in [3.8, 4) is 0 Å². The molecule has 9 nitrogen and oxygen atoms in total. The number of nitrogens with zero attached hydrogens (tertiary/aromatic N) is 2. The summed E-state index contributed by atoms with van der Waals surface area (Å²) in [5.74, 6) is -0.943. The van der Waals surface area contributed by atoms with E-state index < -0.39 is 5.97 Å². The number of amides is 1. The maximum absolute atomic E-state index is 12.2. The van der Waals surface area contributed by atoms with Crippen molar-refractivity contribution in [3.05, 3.63) is 16.0 Å². The number of carbonyl (C=O) groups is 3. The molecule has 0 radical (unpaired) electrons. The SMILES string of the molecule is CCOC(=O)c1c(NC(=O)CSc2n[nH]c(N)n2)sc(C(C)=O)c1C. The molecule has 0 fully saturated rings. The predicted molar refractivity (Wildman–Crippen MR) is 95.2 cm³/mol. The molecule has 0 saturated carbocycles. The van der Waals surface area contributed by atoms with Crippen molar-refractivity contribution in [1.82, 2.24) is 15.2 Å². The lowest BCUT2D eigenvalue weighted by Gasteiger charge is -2.06. The van der Waals surface area contributed by atoms with Gasteiger partial charge < -0.3 is 15.8 Å². The number of nitrogens with two attached hydrogens (primary N) is 1. The molecule has 25 heavy (non-hydrogen) atoms. The van der Waals surface area contributed by atoms with E-state index in [0.717, 1.165) is 23.1 Å². The molecule has 1 amide bonds. The standard InChI is InChI=1S/C14H17N5O4S2/c1-4-23-12(22)9-6(2)10(7(3)20)25-11(9)16-8(21)5-24-14-17-13(15)18-19-14/h4-5H2,1-3H3,(H,16,21)(H3,15,17,18,19). The van der Waals surface area contributed by atoms with Gasteiger partial charge in [-0.3, -0.25) is 9.59 Å². The van der Waals surface area contributed by atoms with E-state index in [1.165, 1.54) is 6.92 Å². The molecule has 0 unspecified atom stereocenters. The summed E-state index contributed by atoms with van der Waals surface area (Å²) in [6.45, 7) is 4.94. The van der Waals surface area contributed by atoms with E-state index in [1.807, 2.05) is 0 Å². The summed E-state index contributed by atoms with van der Waals surface area (Å²) < 4.78 is 5.02. The van der Waals surface area contributed by atoms with E-state index >= 15 is 0 Å². The lowest BCUT2D eigenvalue weighted by atomic mass is 10.1. The highest BCUT2D eigenvalue weighted by Crippen LogP contribution is 2.34. The Morgan fingerprint density at radius 3 is 2.68 bits per heavy atom. The first-order valence-electron chi connectivity index (χ1n) is 7.25. The average molecular weight is 383 g/mol. The Kier molecular flexibility index (Phi) is 6.15. The van der Waals surface area contributed by atoms with E-state index in [1.54, 1.807) is 13.8 Å². The third-order valence-corrected chi connectivity index (χ3v) is 5.17. The fourth-order valence-corrected chi connectivity index (χ4v) is 3.71. The topological polar surface area (TPSA) is 140 Å². The molecule has 2 rings (SSSR count). The minimum atomic E-state index is -0.576. The lowest BCUT2D eigenvalue weighted by molar-refractivity contribution is -0.113. The summed E-state index contributed by atoms with van der Waals surface area (Å²) in [5, 5.41) is 9.57. The van der Waals surface area contributed by atoms with Crippen LogP contribution in [0.25, 0.3) is 0 Å². The highest BCUT2D eigenvalue weighted by Gasteiger charge is 2.25. The monoisotopic (exact) mass is 383 g/mol. The normalized spacial score (nSPS) is 10.5. The van der Waals surface area contributed by atoms with E-state index in [2.05, 4.69) is 20.5 Å². The number of ketones is 1.